The number of aryl methyl sites for hydroxylation is 1. The largest absolute Gasteiger partial charge is 0.461 e. The van der Waals surface area contributed by atoms with Crippen molar-refractivity contribution in [1.29, 1.82) is 0 Å². The number of imidazole rings is 1. The lowest BCUT2D eigenvalue weighted by atomic mass is 10.0. The number of rotatable bonds is 7. The van der Waals surface area contributed by atoms with Crippen LogP contribution in [0.5, 0.6) is 0 Å². The third-order valence-corrected chi connectivity index (χ3v) is 5.41. The molecule has 0 bridgehead atoms. The molecule has 0 saturated carbocycles. The van der Waals surface area contributed by atoms with Gasteiger partial charge in [-0.2, -0.15) is 5.10 Å². The summed E-state index contributed by atoms with van der Waals surface area (Å²) in [7, 11) is 0. The van der Waals surface area contributed by atoms with E-state index < -0.39 is 0 Å². The number of carbonyl (C=O) groups excluding carboxylic acids is 1. The molecule has 2 aromatic heterocycles. The number of para-hydroxylation sites is 2. The summed E-state index contributed by atoms with van der Waals surface area (Å²) in [5.74, 6) is 1.21. The number of H-pyrrole nitrogens is 1. The Balaban J connectivity index is 1.56. The zero-order valence-electron chi connectivity index (χ0n) is 17.4. The van der Waals surface area contributed by atoms with Gasteiger partial charge in [-0.25, -0.2) is 9.78 Å². The first kappa shape index (κ1) is 19.6. The van der Waals surface area contributed by atoms with Crippen LogP contribution < -0.4 is 0 Å². The van der Waals surface area contributed by atoms with E-state index >= 15 is 0 Å². The van der Waals surface area contributed by atoms with E-state index in [4.69, 9.17) is 9.72 Å². The summed E-state index contributed by atoms with van der Waals surface area (Å²) in [6.07, 6.45) is 1.92. The van der Waals surface area contributed by atoms with Crippen molar-refractivity contribution in [2.75, 3.05) is 13.2 Å². The Morgan fingerprint density at radius 1 is 1.31 bits per heavy atom. The van der Waals surface area contributed by atoms with Crippen LogP contribution in [0.15, 0.2) is 24.3 Å². The van der Waals surface area contributed by atoms with Gasteiger partial charge in [0.2, 0.25) is 0 Å². The van der Waals surface area contributed by atoms with Gasteiger partial charge in [-0.1, -0.05) is 26.0 Å². The highest BCUT2D eigenvalue weighted by Gasteiger charge is 2.29. The maximum Gasteiger partial charge on any atom is 0.359 e. The molecule has 0 radical (unpaired) electrons. The Hall–Kier alpha value is -2.67. The SMILES string of the molecule is CCOC(=O)c1nn(CCC(C)C)c2c1CN(Cc1nc3ccccc3[nH]1)CC2. The minimum atomic E-state index is -0.322. The van der Waals surface area contributed by atoms with Gasteiger partial charge in [-0.15, -0.1) is 0 Å². The molecule has 0 fully saturated rings. The van der Waals surface area contributed by atoms with Crippen molar-refractivity contribution in [3.63, 3.8) is 0 Å². The minimum Gasteiger partial charge on any atom is -0.461 e. The monoisotopic (exact) mass is 395 g/mol. The number of benzene rings is 1. The van der Waals surface area contributed by atoms with E-state index in [1.165, 1.54) is 5.69 Å². The van der Waals surface area contributed by atoms with Crippen molar-refractivity contribution in [3.8, 4) is 0 Å². The maximum absolute atomic E-state index is 12.5. The summed E-state index contributed by atoms with van der Waals surface area (Å²) in [6, 6.07) is 8.06. The van der Waals surface area contributed by atoms with E-state index in [-0.39, 0.29) is 5.97 Å². The van der Waals surface area contributed by atoms with Crippen LogP contribution in [0, 0.1) is 5.92 Å². The molecule has 1 N–H and O–H groups in total. The number of hydrogen-bond acceptors (Lipinski definition) is 5. The Morgan fingerprint density at radius 2 is 2.14 bits per heavy atom. The summed E-state index contributed by atoms with van der Waals surface area (Å²) in [5.41, 5.74) is 4.69. The second kappa shape index (κ2) is 8.37. The molecule has 1 aromatic carbocycles. The van der Waals surface area contributed by atoms with Gasteiger partial charge in [0.1, 0.15) is 5.82 Å². The lowest BCUT2D eigenvalue weighted by molar-refractivity contribution is 0.0515. The first-order valence-electron chi connectivity index (χ1n) is 10.5. The fourth-order valence-corrected chi connectivity index (χ4v) is 3.90. The molecule has 29 heavy (non-hydrogen) atoms. The Kier molecular flexibility index (Phi) is 5.67. The zero-order valence-corrected chi connectivity index (χ0v) is 17.4. The molecule has 1 aliphatic heterocycles. The first-order chi connectivity index (χ1) is 14.0. The molecule has 0 spiro atoms. The van der Waals surface area contributed by atoms with Crippen LogP contribution in [0.1, 0.15) is 54.8 Å². The molecule has 3 heterocycles. The van der Waals surface area contributed by atoms with E-state index in [2.05, 4.69) is 28.8 Å². The van der Waals surface area contributed by atoms with Crippen molar-refractivity contribution >= 4 is 17.0 Å². The smallest absolute Gasteiger partial charge is 0.359 e. The minimum absolute atomic E-state index is 0.322. The van der Waals surface area contributed by atoms with E-state index in [9.17, 15) is 4.79 Å². The number of ether oxygens (including phenoxy) is 1. The van der Waals surface area contributed by atoms with Crippen LogP contribution in [-0.4, -0.2) is 43.8 Å². The fourth-order valence-electron chi connectivity index (χ4n) is 3.90. The predicted octanol–water partition coefficient (Wildman–Crippen LogP) is 3.54. The summed E-state index contributed by atoms with van der Waals surface area (Å²) >= 11 is 0. The third kappa shape index (κ3) is 4.19. The summed E-state index contributed by atoms with van der Waals surface area (Å²) in [5, 5.41) is 4.65. The Bertz CT molecular complexity index is 971. The molecule has 0 unspecified atom stereocenters. The average molecular weight is 396 g/mol. The van der Waals surface area contributed by atoms with Gasteiger partial charge in [0.25, 0.3) is 0 Å². The molecule has 0 amide bonds. The molecule has 3 aromatic rings. The Labute approximate surface area is 171 Å². The number of fused-ring (bicyclic) bond motifs is 2. The van der Waals surface area contributed by atoms with Gasteiger partial charge in [0.05, 0.1) is 24.2 Å². The van der Waals surface area contributed by atoms with E-state index in [0.717, 1.165) is 48.4 Å². The molecule has 0 atom stereocenters. The maximum atomic E-state index is 12.5. The lowest BCUT2D eigenvalue weighted by Gasteiger charge is -2.27. The van der Waals surface area contributed by atoms with Crippen LogP contribution in [0.2, 0.25) is 0 Å². The highest BCUT2D eigenvalue weighted by molar-refractivity contribution is 5.89. The van der Waals surface area contributed by atoms with E-state index in [0.29, 0.717) is 31.3 Å². The fraction of sp³-hybridized carbons (Fsp3) is 0.500. The lowest BCUT2D eigenvalue weighted by Crippen LogP contribution is -2.31. The van der Waals surface area contributed by atoms with Crippen LogP contribution in [0.3, 0.4) is 0 Å². The number of nitrogens with one attached hydrogen (secondary N) is 1. The second-order valence-corrected chi connectivity index (χ2v) is 8.06. The second-order valence-electron chi connectivity index (χ2n) is 8.06. The van der Waals surface area contributed by atoms with Gasteiger partial charge in [-0.05, 0) is 31.4 Å². The number of nitrogens with zero attached hydrogens (tertiary/aromatic N) is 4. The van der Waals surface area contributed by atoms with Crippen molar-refractivity contribution in [1.82, 2.24) is 24.6 Å². The number of carbonyl (C=O) groups is 1. The number of hydrogen-bond donors (Lipinski definition) is 1. The van der Waals surface area contributed by atoms with Crippen molar-refractivity contribution in [2.24, 2.45) is 5.92 Å². The molecule has 7 heteroatoms. The summed E-state index contributed by atoms with van der Waals surface area (Å²) < 4.78 is 7.30. The predicted molar refractivity (Wildman–Crippen MR) is 112 cm³/mol. The highest BCUT2D eigenvalue weighted by Crippen LogP contribution is 2.25. The number of esters is 1. The molecule has 1 aliphatic rings. The average Bonchev–Trinajstić information content (AvgIpc) is 3.27. The summed E-state index contributed by atoms with van der Waals surface area (Å²) in [4.78, 5) is 22.9. The Morgan fingerprint density at radius 3 is 2.90 bits per heavy atom. The molecule has 7 nitrogen and oxygen atoms in total. The molecule has 0 aliphatic carbocycles. The van der Waals surface area contributed by atoms with Gasteiger partial charge in [0.15, 0.2) is 5.69 Å². The van der Waals surface area contributed by atoms with Crippen LogP contribution in [0.4, 0.5) is 0 Å². The van der Waals surface area contributed by atoms with Crippen LogP contribution in [0.25, 0.3) is 11.0 Å². The molecule has 4 rings (SSSR count). The highest BCUT2D eigenvalue weighted by atomic mass is 16.5. The third-order valence-electron chi connectivity index (χ3n) is 5.41. The van der Waals surface area contributed by atoms with Gasteiger partial charge in [0, 0.05) is 37.3 Å². The molecular weight excluding hydrogens is 366 g/mol. The van der Waals surface area contributed by atoms with Crippen molar-refractivity contribution in [2.45, 2.75) is 53.2 Å². The molecule has 154 valence electrons. The standard InChI is InChI=1S/C22H29N5O2/c1-4-29-22(28)21-16-13-26(11-10-19(16)27(25-21)12-9-15(2)3)14-20-23-17-7-5-6-8-18(17)24-20/h5-8,15H,4,9-14H2,1-3H3,(H,23,24). The zero-order chi connectivity index (χ0) is 20.4. The van der Waals surface area contributed by atoms with Crippen molar-refractivity contribution in [3.05, 3.63) is 47.0 Å². The quantitative estimate of drug-likeness (QED) is 0.619. The van der Waals surface area contributed by atoms with Gasteiger partial charge < -0.3 is 9.72 Å². The van der Waals surface area contributed by atoms with Gasteiger partial charge in [-0.3, -0.25) is 9.58 Å². The first-order valence-corrected chi connectivity index (χ1v) is 10.5. The van der Waals surface area contributed by atoms with E-state index in [1.54, 1.807) is 0 Å². The van der Waals surface area contributed by atoms with Crippen LogP contribution >= 0.6 is 0 Å². The summed E-state index contributed by atoms with van der Waals surface area (Å²) in [6.45, 7) is 9.75. The van der Waals surface area contributed by atoms with E-state index in [1.807, 2.05) is 35.9 Å². The number of aromatic amines is 1. The number of aromatic nitrogens is 4. The molecular formula is C22H29N5O2. The normalized spacial score (nSPS) is 14.5. The van der Waals surface area contributed by atoms with Crippen molar-refractivity contribution < 1.29 is 9.53 Å². The van der Waals surface area contributed by atoms with Crippen LogP contribution in [-0.2, 0) is 30.8 Å². The topological polar surface area (TPSA) is 76.0 Å². The molecule has 0 saturated heterocycles. The van der Waals surface area contributed by atoms with Gasteiger partial charge >= 0.3 is 5.97 Å².